The van der Waals surface area contributed by atoms with Gasteiger partial charge in [-0.1, -0.05) is 115 Å². The lowest BCUT2D eigenvalue weighted by atomic mass is 9.88. The minimum atomic E-state index is 0.622. The molecule has 5 aromatic heterocycles. The van der Waals surface area contributed by atoms with Crippen molar-refractivity contribution in [1.82, 2.24) is 29.9 Å². The molecule has 0 atom stereocenters. The molecule has 0 bridgehead atoms. The number of rotatable bonds is 4. The first-order valence-corrected chi connectivity index (χ1v) is 19.3. The quantitative estimate of drug-likeness (QED) is 0.132. The maximum Gasteiger partial charge on any atom is 0.178 e. The first-order valence-electron chi connectivity index (χ1n) is 19.3. The van der Waals surface area contributed by atoms with E-state index in [4.69, 9.17) is 24.9 Å². The Bertz CT molecular complexity index is 3600. The maximum absolute atomic E-state index is 5.32. The van der Waals surface area contributed by atoms with Crippen LogP contribution in [-0.4, -0.2) is 29.9 Å². The second kappa shape index (κ2) is 12.8. The van der Waals surface area contributed by atoms with Crippen LogP contribution in [-0.2, 0) is 0 Å². The molecule has 0 N–H and O–H groups in total. The van der Waals surface area contributed by atoms with Crippen LogP contribution in [0.3, 0.4) is 0 Å². The highest BCUT2D eigenvalue weighted by Gasteiger charge is 2.19. The Kier molecular flexibility index (Phi) is 7.13. The van der Waals surface area contributed by atoms with Crippen molar-refractivity contribution in [2.75, 3.05) is 0 Å². The fourth-order valence-electron chi connectivity index (χ4n) is 8.51. The van der Waals surface area contributed by atoms with Crippen LogP contribution in [0, 0.1) is 0 Å². The lowest BCUT2D eigenvalue weighted by Crippen LogP contribution is -1.95. The van der Waals surface area contributed by atoms with Crippen molar-refractivity contribution in [1.29, 1.82) is 0 Å². The van der Waals surface area contributed by atoms with Crippen LogP contribution < -0.4 is 0 Å². The van der Waals surface area contributed by atoms with E-state index >= 15 is 0 Å². The zero-order chi connectivity index (χ0) is 38.2. The van der Waals surface area contributed by atoms with Gasteiger partial charge < -0.3 is 0 Å². The molecule has 12 aromatic rings. The maximum atomic E-state index is 5.32. The molecular weight excluding hydrogens is 709 g/mol. The second-order valence-electron chi connectivity index (χ2n) is 14.7. The van der Waals surface area contributed by atoms with E-state index in [1.807, 2.05) is 48.8 Å². The fraction of sp³-hybridized carbons (Fsp3) is 0. The first-order chi connectivity index (χ1) is 28.7. The zero-order valence-corrected chi connectivity index (χ0v) is 31.0. The van der Waals surface area contributed by atoms with Crippen LogP contribution >= 0.6 is 0 Å². The summed E-state index contributed by atoms with van der Waals surface area (Å²) < 4.78 is 0. The minimum Gasteiger partial charge on any atom is -0.254 e. The van der Waals surface area contributed by atoms with Crippen LogP contribution in [0.1, 0.15) is 0 Å². The smallest absolute Gasteiger partial charge is 0.178 e. The van der Waals surface area contributed by atoms with E-state index in [0.29, 0.717) is 5.82 Å². The third-order valence-corrected chi connectivity index (χ3v) is 11.3. The third-order valence-electron chi connectivity index (χ3n) is 11.3. The summed E-state index contributed by atoms with van der Waals surface area (Å²) in [6.07, 6.45) is 3.70. The van der Waals surface area contributed by atoms with Crippen LogP contribution in [0.15, 0.2) is 182 Å². The number of aromatic nitrogens is 6. The second-order valence-corrected chi connectivity index (χ2v) is 14.7. The van der Waals surface area contributed by atoms with Gasteiger partial charge in [0.05, 0.1) is 39.0 Å². The highest BCUT2D eigenvalue weighted by Crippen LogP contribution is 2.43. The van der Waals surface area contributed by atoms with E-state index in [2.05, 4.69) is 138 Å². The van der Waals surface area contributed by atoms with Crippen molar-refractivity contribution in [3.63, 3.8) is 0 Å². The van der Waals surface area contributed by atoms with Gasteiger partial charge in [0.25, 0.3) is 0 Å². The molecule has 0 aliphatic rings. The van der Waals surface area contributed by atoms with Crippen LogP contribution in [0.5, 0.6) is 0 Å². The molecule has 0 aliphatic heterocycles. The average Bonchev–Trinajstić information content (AvgIpc) is 3.29. The molecule has 12 rings (SSSR count). The van der Waals surface area contributed by atoms with Gasteiger partial charge in [-0.3, -0.25) is 4.98 Å². The number of hydrogen-bond donors (Lipinski definition) is 0. The Labute approximate surface area is 332 Å². The lowest BCUT2D eigenvalue weighted by molar-refractivity contribution is 1.19. The van der Waals surface area contributed by atoms with Crippen molar-refractivity contribution in [2.45, 2.75) is 0 Å². The van der Waals surface area contributed by atoms with Crippen molar-refractivity contribution in [2.24, 2.45) is 0 Å². The summed E-state index contributed by atoms with van der Waals surface area (Å²) in [6.45, 7) is 0. The minimum absolute atomic E-state index is 0.622. The average molecular weight is 739 g/mol. The zero-order valence-electron chi connectivity index (χ0n) is 31.0. The molecule has 6 heteroatoms. The molecule has 0 unspecified atom stereocenters. The predicted molar refractivity (Wildman–Crippen MR) is 237 cm³/mol. The van der Waals surface area contributed by atoms with Gasteiger partial charge in [-0.25, -0.2) is 24.9 Å². The molecule has 5 heterocycles. The normalized spacial score (nSPS) is 11.8. The third kappa shape index (κ3) is 5.20. The first kappa shape index (κ1) is 32.3. The molecule has 0 spiro atoms. The summed E-state index contributed by atoms with van der Waals surface area (Å²) in [6, 6.07) is 59.3. The van der Waals surface area contributed by atoms with Gasteiger partial charge in [-0.2, -0.15) is 0 Å². The number of hydrogen-bond acceptors (Lipinski definition) is 6. The molecule has 268 valence electrons. The molecule has 6 nitrogen and oxygen atoms in total. The Balaban J connectivity index is 0.938. The van der Waals surface area contributed by atoms with E-state index in [1.165, 1.54) is 0 Å². The summed E-state index contributed by atoms with van der Waals surface area (Å²) >= 11 is 0. The number of benzene rings is 7. The molecule has 7 aromatic carbocycles. The van der Waals surface area contributed by atoms with Crippen LogP contribution in [0.25, 0.3) is 121 Å². The van der Waals surface area contributed by atoms with Crippen molar-refractivity contribution >= 4 is 76.1 Å². The molecule has 58 heavy (non-hydrogen) atoms. The van der Waals surface area contributed by atoms with Gasteiger partial charge in [0.1, 0.15) is 5.69 Å². The van der Waals surface area contributed by atoms with E-state index in [9.17, 15) is 0 Å². The lowest BCUT2D eigenvalue weighted by Gasteiger charge is -2.17. The summed E-state index contributed by atoms with van der Waals surface area (Å²) in [5.41, 5.74) is 11.6. The van der Waals surface area contributed by atoms with Gasteiger partial charge in [-0.15, -0.1) is 0 Å². The highest BCUT2D eigenvalue weighted by molar-refractivity contribution is 6.21. The van der Waals surface area contributed by atoms with Crippen molar-refractivity contribution in [3.05, 3.63) is 182 Å². The molecule has 0 amide bonds. The summed E-state index contributed by atoms with van der Waals surface area (Å²) in [4.78, 5) is 29.6. The Hall–Kier alpha value is -7.96. The summed E-state index contributed by atoms with van der Waals surface area (Å²) in [7, 11) is 0. The Morgan fingerprint density at radius 1 is 0.310 bits per heavy atom. The predicted octanol–water partition coefficient (Wildman–Crippen LogP) is 12.8. The molecule has 0 saturated heterocycles. The van der Waals surface area contributed by atoms with Gasteiger partial charge in [0.15, 0.2) is 5.82 Å². The van der Waals surface area contributed by atoms with Gasteiger partial charge in [-0.05, 0) is 87.3 Å². The standard InChI is InChI=1S/C52H30N6/c1-6-14-42-37(8-1)30-54-52(58-42)47-26-21-36-29-34(19-23-44(36)56-47)33-18-22-43-35(28-33)20-25-45(55-43)48-38-10-2-4-12-40(38)49(41-13-5-3-11-39(41)48)46-24-17-32-16-15-31-9-7-27-53-50(31)51(32)57-46/h1-30H. The van der Waals surface area contributed by atoms with Gasteiger partial charge >= 0.3 is 0 Å². The Morgan fingerprint density at radius 3 is 1.48 bits per heavy atom. The number of nitrogens with zero attached hydrogens (tertiary/aromatic N) is 6. The van der Waals surface area contributed by atoms with Gasteiger partial charge in [0, 0.05) is 50.5 Å². The van der Waals surface area contributed by atoms with Crippen molar-refractivity contribution in [3.8, 4) is 45.2 Å². The molecular formula is C52H30N6. The molecule has 0 radical (unpaired) electrons. The number of pyridine rings is 4. The molecule has 0 fully saturated rings. The highest BCUT2D eigenvalue weighted by atomic mass is 14.9. The van der Waals surface area contributed by atoms with E-state index in [-0.39, 0.29) is 0 Å². The molecule has 0 aliphatic carbocycles. The van der Waals surface area contributed by atoms with Crippen LogP contribution in [0.2, 0.25) is 0 Å². The number of fused-ring (bicyclic) bond motifs is 8. The summed E-state index contributed by atoms with van der Waals surface area (Å²) in [5.74, 6) is 0.622. The number of para-hydroxylation sites is 1. The fourth-order valence-corrected chi connectivity index (χ4v) is 8.51. The monoisotopic (exact) mass is 738 g/mol. The van der Waals surface area contributed by atoms with Crippen molar-refractivity contribution < 1.29 is 0 Å². The molecule has 0 saturated carbocycles. The van der Waals surface area contributed by atoms with Crippen LogP contribution in [0.4, 0.5) is 0 Å². The largest absolute Gasteiger partial charge is 0.254 e. The summed E-state index contributed by atoms with van der Waals surface area (Å²) in [5, 5.41) is 9.84. The van der Waals surface area contributed by atoms with E-state index < -0.39 is 0 Å². The van der Waals surface area contributed by atoms with E-state index in [1.54, 1.807) is 0 Å². The SMILES string of the molecule is c1ccc2nc(-c3ccc4cc(-c5ccc6nc(-c7c8ccccc8c(-c8ccc9ccc%10cccnc%10c9n8)c8ccccc78)ccc6c5)ccc4n3)ncc2c1. The van der Waals surface area contributed by atoms with E-state index in [0.717, 1.165) is 115 Å². The van der Waals surface area contributed by atoms with Gasteiger partial charge in [0.2, 0.25) is 0 Å². The Morgan fingerprint density at radius 2 is 0.810 bits per heavy atom. The topological polar surface area (TPSA) is 77.3 Å².